The standard InChI is InChI=1S/C24H29N7O/c1-2-25-23(30-13-15-31(16-14-30)24-27-10-6-11-28-24)29-18-21-9-12-26-22(17-21)32-19-20-7-4-3-5-8-20/h3-12,17H,2,13-16,18-19H2,1H3,(H,25,29). The van der Waals surface area contributed by atoms with Crippen LogP contribution in [0.1, 0.15) is 18.1 Å². The molecule has 4 rings (SSSR count). The molecule has 1 aliphatic heterocycles. The third-order valence-corrected chi connectivity index (χ3v) is 5.19. The van der Waals surface area contributed by atoms with Crippen LogP contribution in [0.25, 0.3) is 0 Å². The third-order valence-electron chi connectivity index (χ3n) is 5.19. The van der Waals surface area contributed by atoms with Crippen LogP contribution in [0.3, 0.4) is 0 Å². The van der Waals surface area contributed by atoms with E-state index in [9.17, 15) is 0 Å². The Balaban J connectivity index is 1.35. The summed E-state index contributed by atoms with van der Waals surface area (Å²) in [6.45, 7) is 7.43. The van der Waals surface area contributed by atoms with Gasteiger partial charge in [-0.05, 0) is 30.2 Å². The number of aliphatic imine (C=N–C) groups is 1. The molecule has 1 aliphatic rings. The normalized spacial score (nSPS) is 14.3. The highest BCUT2D eigenvalue weighted by molar-refractivity contribution is 5.80. The second-order valence-corrected chi connectivity index (χ2v) is 7.47. The van der Waals surface area contributed by atoms with Gasteiger partial charge in [-0.3, -0.25) is 0 Å². The molecule has 3 heterocycles. The van der Waals surface area contributed by atoms with E-state index in [1.54, 1.807) is 18.6 Å². The van der Waals surface area contributed by atoms with Gasteiger partial charge in [-0.25, -0.2) is 19.9 Å². The predicted molar refractivity (Wildman–Crippen MR) is 126 cm³/mol. The number of hydrogen-bond acceptors (Lipinski definition) is 6. The zero-order valence-electron chi connectivity index (χ0n) is 18.4. The maximum absolute atomic E-state index is 5.85. The molecule has 0 unspecified atom stereocenters. The molecule has 0 saturated carbocycles. The number of rotatable bonds is 7. The fraction of sp³-hybridized carbons (Fsp3) is 0.333. The number of ether oxygens (including phenoxy) is 1. The lowest BCUT2D eigenvalue weighted by molar-refractivity contribution is 0.293. The average molecular weight is 432 g/mol. The zero-order valence-corrected chi connectivity index (χ0v) is 18.4. The highest BCUT2D eigenvalue weighted by atomic mass is 16.5. The molecular weight excluding hydrogens is 402 g/mol. The Morgan fingerprint density at radius 2 is 1.72 bits per heavy atom. The molecule has 3 aromatic rings. The van der Waals surface area contributed by atoms with E-state index in [0.29, 0.717) is 19.0 Å². The van der Waals surface area contributed by atoms with Crippen molar-refractivity contribution in [3.8, 4) is 5.88 Å². The molecule has 1 aromatic carbocycles. The fourth-order valence-corrected chi connectivity index (χ4v) is 3.52. The Labute approximate surface area is 189 Å². The largest absolute Gasteiger partial charge is 0.473 e. The Morgan fingerprint density at radius 3 is 2.47 bits per heavy atom. The number of hydrogen-bond donors (Lipinski definition) is 1. The third kappa shape index (κ3) is 5.94. The Bertz CT molecular complexity index is 989. The number of aromatic nitrogens is 3. The molecule has 1 N–H and O–H groups in total. The van der Waals surface area contributed by atoms with E-state index in [4.69, 9.17) is 9.73 Å². The van der Waals surface area contributed by atoms with Crippen molar-refractivity contribution in [1.29, 1.82) is 0 Å². The van der Waals surface area contributed by atoms with Crippen molar-refractivity contribution >= 4 is 11.9 Å². The van der Waals surface area contributed by atoms with Crippen molar-refractivity contribution in [3.63, 3.8) is 0 Å². The topological polar surface area (TPSA) is 78.8 Å². The monoisotopic (exact) mass is 431 g/mol. The lowest BCUT2D eigenvalue weighted by Gasteiger charge is -2.36. The van der Waals surface area contributed by atoms with E-state index in [-0.39, 0.29) is 0 Å². The van der Waals surface area contributed by atoms with Crippen LogP contribution in [-0.2, 0) is 13.2 Å². The van der Waals surface area contributed by atoms with Gasteiger partial charge in [0.2, 0.25) is 11.8 Å². The van der Waals surface area contributed by atoms with Crippen LogP contribution < -0.4 is 15.0 Å². The Kier molecular flexibility index (Phi) is 7.46. The highest BCUT2D eigenvalue weighted by Gasteiger charge is 2.21. The van der Waals surface area contributed by atoms with Crippen LogP contribution in [-0.4, -0.2) is 58.5 Å². The number of pyridine rings is 1. The van der Waals surface area contributed by atoms with Crippen LogP contribution in [0.4, 0.5) is 5.95 Å². The Morgan fingerprint density at radius 1 is 0.938 bits per heavy atom. The second kappa shape index (κ2) is 11.1. The summed E-state index contributed by atoms with van der Waals surface area (Å²) < 4.78 is 5.85. The lowest BCUT2D eigenvalue weighted by atomic mass is 10.2. The lowest BCUT2D eigenvalue weighted by Crippen LogP contribution is -2.52. The van der Waals surface area contributed by atoms with E-state index in [1.165, 1.54) is 0 Å². The van der Waals surface area contributed by atoms with Gasteiger partial charge in [0.25, 0.3) is 0 Å². The SMILES string of the molecule is CCNC(=NCc1ccnc(OCc2ccccc2)c1)N1CCN(c2ncccn2)CC1. The first kappa shape index (κ1) is 21.5. The zero-order chi connectivity index (χ0) is 22.0. The molecule has 2 aromatic heterocycles. The fourth-order valence-electron chi connectivity index (χ4n) is 3.52. The molecule has 8 heteroatoms. The number of nitrogens with zero attached hydrogens (tertiary/aromatic N) is 6. The van der Waals surface area contributed by atoms with Gasteiger partial charge in [-0.2, -0.15) is 0 Å². The van der Waals surface area contributed by atoms with Crippen LogP contribution in [0.2, 0.25) is 0 Å². The molecule has 32 heavy (non-hydrogen) atoms. The maximum Gasteiger partial charge on any atom is 0.225 e. The first-order valence-corrected chi connectivity index (χ1v) is 11.0. The van der Waals surface area contributed by atoms with Gasteiger partial charge in [0.15, 0.2) is 5.96 Å². The van der Waals surface area contributed by atoms with E-state index >= 15 is 0 Å². The van der Waals surface area contributed by atoms with Crippen molar-refractivity contribution < 1.29 is 4.74 Å². The average Bonchev–Trinajstić information content (AvgIpc) is 2.87. The molecular formula is C24H29N7O. The minimum absolute atomic E-state index is 0.499. The van der Waals surface area contributed by atoms with Gasteiger partial charge in [0.1, 0.15) is 6.61 Å². The first-order chi connectivity index (χ1) is 15.8. The van der Waals surface area contributed by atoms with Crippen LogP contribution >= 0.6 is 0 Å². The minimum atomic E-state index is 0.499. The van der Waals surface area contributed by atoms with Crippen LogP contribution in [0.5, 0.6) is 5.88 Å². The quantitative estimate of drug-likeness (QED) is 0.455. The van der Waals surface area contributed by atoms with E-state index < -0.39 is 0 Å². The van der Waals surface area contributed by atoms with Crippen molar-refractivity contribution in [2.45, 2.75) is 20.1 Å². The summed E-state index contributed by atoms with van der Waals surface area (Å²) in [5.74, 6) is 2.32. The summed E-state index contributed by atoms with van der Waals surface area (Å²) in [5, 5.41) is 3.42. The number of anilines is 1. The first-order valence-electron chi connectivity index (χ1n) is 11.0. The smallest absolute Gasteiger partial charge is 0.225 e. The molecule has 8 nitrogen and oxygen atoms in total. The van der Waals surface area contributed by atoms with Gasteiger partial charge >= 0.3 is 0 Å². The Hall–Kier alpha value is -3.68. The minimum Gasteiger partial charge on any atom is -0.473 e. The summed E-state index contributed by atoms with van der Waals surface area (Å²) in [6.07, 6.45) is 5.34. The number of nitrogens with one attached hydrogen (secondary N) is 1. The molecule has 0 atom stereocenters. The molecule has 0 radical (unpaired) electrons. The van der Waals surface area contributed by atoms with Crippen molar-refractivity contribution in [3.05, 3.63) is 78.2 Å². The summed E-state index contributed by atoms with van der Waals surface area (Å²) in [6, 6.07) is 15.9. The van der Waals surface area contributed by atoms with Gasteiger partial charge in [-0.15, -0.1) is 0 Å². The molecule has 0 aliphatic carbocycles. The maximum atomic E-state index is 5.85. The van der Waals surface area contributed by atoms with Crippen molar-refractivity contribution in [1.82, 2.24) is 25.2 Å². The molecule has 0 amide bonds. The summed E-state index contributed by atoms with van der Waals surface area (Å²) in [7, 11) is 0. The summed E-state index contributed by atoms with van der Waals surface area (Å²) in [5.41, 5.74) is 2.18. The van der Waals surface area contributed by atoms with E-state index in [2.05, 4.69) is 37.0 Å². The van der Waals surface area contributed by atoms with Crippen LogP contribution in [0, 0.1) is 0 Å². The van der Waals surface area contributed by atoms with Gasteiger partial charge < -0.3 is 19.9 Å². The summed E-state index contributed by atoms with van der Waals surface area (Å²) in [4.78, 5) is 22.4. The number of piperazine rings is 1. The van der Waals surface area contributed by atoms with E-state index in [0.717, 1.165) is 55.8 Å². The van der Waals surface area contributed by atoms with Crippen LogP contribution in [0.15, 0.2) is 72.1 Å². The second-order valence-electron chi connectivity index (χ2n) is 7.47. The van der Waals surface area contributed by atoms with E-state index in [1.807, 2.05) is 48.5 Å². The molecule has 1 fully saturated rings. The predicted octanol–water partition coefficient (Wildman–Crippen LogP) is 2.74. The molecule has 1 saturated heterocycles. The number of guanidine groups is 1. The van der Waals surface area contributed by atoms with Crippen molar-refractivity contribution in [2.75, 3.05) is 37.6 Å². The highest BCUT2D eigenvalue weighted by Crippen LogP contribution is 2.14. The van der Waals surface area contributed by atoms with Gasteiger partial charge in [0, 0.05) is 57.4 Å². The number of benzene rings is 1. The molecule has 166 valence electrons. The van der Waals surface area contributed by atoms with Crippen molar-refractivity contribution in [2.24, 2.45) is 4.99 Å². The van der Waals surface area contributed by atoms with Gasteiger partial charge in [0.05, 0.1) is 6.54 Å². The molecule has 0 bridgehead atoms. The summed E-state index contributed by atoms with van der Waals surface area (Å²) >= 11 is 0. The molecule has 0 spiro atoms. The van der Waals surface area contributed by atoms with Gasteiger partial charge in [-0.1, -0.05) is 30.3 Å².